The van der Waals surface area contributed by atoms with Gasteiger partial charge in [-0.2, -0.15) is 0 Å². The lowest BCUT2D eigenvalue weighted by atomic mass is 10.1. The standard InChI is InChI=1S/C27H27N3O3/c1-19-18-29(14-15-30(19)26(31)17-20-8-7-9-21(16-20)32-2)27-22-10-3-5-12-24(22)33-25-13-6-4-11-23(25)28-27/h3-13,16,19H,14-15,17-18H2,1-2H3/t19-/m1/s1. The topological polar surface area (TPSA) is 54.4 Å². The van der Waals surface area contributed by atoms with E-state index >= 15 is 0 Å². The summed E-state index contributed by atoms with van der Waals surface area (Å²) in [5.74, 6) is 3.34. The van der Waals surface area contributed by atoms with Gasteiger partial charge in [0, 0.05) is 25.7 Å². The Bertz CT molecular complexity index is 1210. The number of hydrogen-bond donors (Lipinski definition) is 0. The van der Waals surface area contributed by atoms with Crippen LogP contribution in [-0.4, -0.2) is 54.3 Å². The van der Waals surface area contributed by atoms with Crippen molar-refractivity contribution in [2.45, 2.75) is 19.4 Å². The molecule has 1 saturated heterocycles. The molecule has 33 heavy (non-hydrogen) atoms. The van der Waals surface area contributed by atoms with Crippen molar-refractivity contribution in [2.24, 2.45) is 4.99 Å². The summed E-state index contributed by atoms with van der Waals surface area (Å²) in [7, 11) is 1.64. The van der Waals surface area contributed by atoms with E-state index in [0.717, 1.165) is 39.9 Å². The zero-order chi connectivity index (χ0) is 22.8. The minimum Gasteiger partial charge on any atom is -0.497 e. The van der Waals surface area contributed by atoms with Crippen LogP contribution >= 0.6 is 0 Å². The highest BCUT2D eigenvalue weighted by Crippen LogP contribution is 2.38. The van der Waals surface area contributed by atoms with Crippen LogP contribution < -0.4 is 9.47 Å². The number of piperazine rings is 1. The third kappa shape index (κ3) is 4.29. The first-order chi connectivity index (χ1) is 16.1. The van der Waals surface area contributed by atoms with E-state index in [1.165, 1.54) is 0 Å². The molecular weight excluding hydrogens is 414 g/mol. The number of aliphatic imine (C=N–C) groups is 1. The molecule has 6 nitrogen and oxygen atoms in total. The number of nitrogens with zero attached hydrogens (tertiary/aromatic N) is 3. The van der Waals surface area contributed by atoms with E-state index in [4.69, 9.17) is 14.5 Å². The van der Waals surface area contributed by atoms with Crippen molar-refractivity contribution in [1.29, 1.82) is 0 Å². The molecule has 2 aliphatic rings. The Morgan fingerprint density at radius 2 is 1.82 bits per heavy atom. The van der Waals surface area contributed by atoms with Gasteiger partial charge in [0.25, 0.3) is 0 Å². The molecule has 2 heterocycles. The predicted molar refractivity (Wildman–Crippen MR) is 129 cm³/mol. The molecule has 0 aliphatic carbocycles. The van der Waals surface area contributed by atoms with E-state index in [1.807, 2.05) is 77.7 Å². The van der Waals surface area contributed by atoms with Crippen molar-refractivity contribution in [3.8, 4) is 17.2 Å². The normalized spacial score (nSPS) is 17.3. The second kappa shape index (κ2) is 8.98. The predicted octanol–water partition coefficient (Wildman–Crippen LogP) is 4.65. The number of carbonyl (C=O) groups is 1. The first-order valence-corrected chi connectivity index (χ1v) is 11.2. The van der Waals surface area contributed by atoms with Gasteiger partial charge in [-0.05, 0) is 48.9 Å². The fourth-order valence-corrected chi connectivity index (χ4v) is 4.49. The number of fused-ring (bicyclic) bond motifs is 2. The molecule has 1 atom stereocenters. The summed E-state index contributed by atoms with van der Waals surface area (Å²) < 4.78 is 11.5. The molecule has 6 heteroatoms. The van der Waals surface area contributed by atoms with Crippen LogP contribution in [0.5, 0.6) is 17.2 Å². The Morgan fingerprint density at radius 3 is 2.64 bits per heavy atom. The summed E-state index contributed by atoms with van der Waals surface area (Å²) in [6.45, 7) is 4.17. The second-order valence-corrected chi connectivity index (χ2v) is 8.41. The van der Waals surface area contributed by atoms with Gasteiger partial charge in [0.15, 0.2) is 5.75 Å². The van der Waals surface area contributed by atoms with Gasteiger partial charge in [-0.25, -0.2) is 4.99 Å². The second-order valence-electron chi connectivity index (χ2n) is 8.41. The molecule has 5 rings (SSSR count). The molecule has 0 saturated carbocycles. The van der Waals surface area contributed by atoms with Crippen LogP contribution in [0.1, 0.15) is 18.1 Å². The van der Waals surface area contributed by atoms with Gasteiger partial charge >= 0.3 is 0 Å². The van der Waals surface area contributed by atoms with Gasteiger partial charge < -0.3 is 19.3 Å². The molecule has 3 aromatic rings. The Balaban J connectivity index is 1.36. The van der Waals surface area contributed by atoms with Crippen LogP contribution in [-0.2, 0) is 11.2 Å². The molecule has 168 valence electrons. The van der Waals surface area contributed by atoms with Crippen molar-refractivity contribution >= 4 is 17.4 Å². The van der Waals surface area contributed by atoms with E-state index in [9.17, 15) is 4.79 Å². The number of carbonyl (C=O) groups excluding carboxylic acids is 1. The highest BCUT2D eigenvalue weighted by Gasteiger charge is 2.31. The minimum absolute atomic E-state index is 0.0612. The first-order valence-electron chi connectivity index (χ1n) is 11.2. The molecule has 1 amide bonds. The fourth-order valence-electron chi connectivity index (χ4n) is 4.49. The summed E-state index contributed by atoms with van der Waals surface area (Å²) in [6, 6.07) is 23.6. The van der Waals surface area contributed by atoms with Gasteiger partial charge in [-0.3, -0.25) is 4.79 Å². The van der Waals surface area contributed by atoms with Gasteiger partial charge in [0.1, 0.15) is 23.0 Å². The summed E-state index contributed by atoms with van der Waals surface area (Å²) in [4.78, 5) is 22.3. The summed E-state index contributed by atoms with van der Waals surface area (Å²) in [5.41, 5.74) is 2.75. The lowest BCUT2D eigenvalue weighted by Crippen LogP contribution is -2.55. The number of ether oxygens (including phenoxy) is 2. The van der Waals surface area contributed by atoms with Crippen molar-refractivity contribution in [3.63, 3.8) is 0 Å². The molecular formula is C27H27N3O3. The van der Waals surface area contributed by atoms with Crippen molar-refractivity contribution in [3.05, 3.63) is 83.9 Å². The SMILES string of the molecule is COc1cccc(CC(=O)N2CCN(C3=Nc4ccccc4Oc4ccccc43)C[C@H]2C)c1. The van der Waals surface area contributed by atoms with E-state index in [1.54, 1.807) is 7.11 Å². The zero-order valence-electron chi connectivity index (χ0n) is 18.9. The molecule has 1 fully saturated rings. The van der Waals surface area contributed by atoms with Gasteiger partial charge in [0.2, 0.25) is 5.91 Å². The van der Waals surface area contributed by atoms with Crippen LogP contribution in [0, 0.1) is 0 Å². The summed E-state index contributed by atoms with van der Waals surface area (Å²) in [5, 5.41) is 0. The number of methoxy groups -OCH3 is 1. The van der Waals surface area contributed by atoms with E-state index in [2.05, 4.69) is 11.8 Å². The minimum atomic E-state index is 0.0612. The maximum atomic E-state index is 13.1. The van der Waals surface area contributed by atoms with Gasteiger partial charge in [-0.1, -0.05) is 36.4 Å². The Morgan fingerprint density at radius 1 is 1.03 bits per heavy atom. The third-order valence-electron chi connectivity index (χ3n) is 6.18. The maximum Gasteiger partial charge on any atom is 0.227 e. The average Bonchev–Trinajstić information content (AvgIpc) is 3.01. The average molecular weight is 442 g/mol. The third-order valence-corrected chi connectivity index (χ3v) is 6.18. The number of amidine groups is 1. The largest absolute Gasteiger partial charge is 0.497 e. The van der Waals surface area contributed by atoms with Crippen LogP contribution in [0.3, 0.4) is 0 Å². The number of rotatable bonds is 3. The lowest BCUT2D eigenvalue weighted by molar-refractivity contribution is -0.134. The first kappa shape index (κ1) is 21.1. The molecule has 0 radical (unpaired) electrons. The molecule has 0 spiro atoms. The smallest absolute Gasteiger partial charge is 0.227 e. The van der Waals surface area contributed by atoms with E-state index in [-0.39, 0.29) is 11.9 Å². The van der Waals surface area contributed by atoms with Crippen LogP contribution in [0.2, 0.25) is 0 Å². The quantitative estimate of drug-likeness (QED) is 0.594. The van der Waals surface area contributed by atoms with Gasteiger partial charge in [-0.15, -0.1) is 0 Å². The highest BCUT2D eigenvalue weighted by molar-refractivity contribution is 6.03. The van der Waals surface area contributed by atoms with Crippen LogP contribution in [0.4, 0.5) is 5.69 Å². The zero-order valence-corrected chi connectivity index (χ0v) is 18.9. The Hall–Kier alpha value is -3.80. The molecule has 2 aliphatic heterocycles. The number of amides is 1. The van der Waals surface area contributed by atoms with Crippen LogP contribution in [0.25, 0.3) is 0 Å². The van der Waals surface area contributed by atoms with E-state index < -0.39 is 0 Å². The lowest BCUT2D eigenvalue weighted by Gasteiger charge is -2.41. The van der Waals surface area contributed by atoms with Crippen molar-refractivity contribution in [2.75, 3.05) is 26.7 Å². The fraction of sp³-hybridized carbons (Fsp3) is 0.259. The Kier molecular flexibility index (Phi) is 5.73. The van der Waals surface area contributed by atoms with Gasteiger partial charge in [0.05, 0.1) is 19.1 Å². The maximum absolute atomic E-state index is 13.1. The number of benzene rings is 3. The molecule has 0 aromatic heterocycles. The van der Waals surface area contributed by atoms with Crippen molar-refractivity contribution in [1.82, 2.24) is 9.80 Å². The number of hydrogen-bond acceptors (Lipinski definition) is 5. The molecule has 0 bridgehead atoms. The van der Waals surface area contributed by atoms with Crippen LogP contribution in [0.15, 0.2) is 77.8 Å². The monoisotopic (exact) mass is 441 g/mol. The van der Waals surface area contributed by atoms with E-state index in [0.29, 0.717) is 26.1 Å². The summed E-state index contributed by atoms with van der Waals surface area (Å²) >= 11 is 0. The van der Waals surface area contributed by atoms with Crippen molar-refractivity contribution < 1.29 is 14.3 Å². The molecule has 0 unspecified atom stereocenters. The number of para-hydroxylation sites is 3. The Labute approximate surface area is 194 Å². The summed E-state index contributed by atoms with van der Waals surface area (Å²) in [6.07, 6.45) is 0.368. The highest BCUT2D eigenvalue weighted by atomic mass is 16.5. The molecule has 3 aromatic carbocycles. The molecule has 0 N–H and O–H groups in total.